The topological polar surface area (TPSA) is 129 Å². The van der Waals surface area contributed by atoms with E-state index in [1.807, 2.05) is 0 Å². The van der Waals surface area contributed by atoms with Crippen LogP contribution in [-0.4, -0.2) is 60.8 Å². The fourth-order valence-electron chi connectivity index (χ4n) is 2.68. The molecule has 0 spiro atoms. The highest BCUT2D eigenvalue weighted by atomic mass is 19.1. The van der Waals surface area contributed by atoms with Crippen molar-refractivity contribution < 1.29 is 24.1 Å². The summed E-state index contributed by atoms with van der Waals surface area (Å²) in [6.07, 6.45) is -2.69. The SMILES string of the molecule is CCOc1nc(N)nc2c1ncn2C1OC(CO)C(F)C1(C)O. The fraction of sp³-hybridized carbons (Fsp3) is 0.615. The number of imidazole rings is 1. The summed E-state index contributed by atoms with van der Waals surface area (Å²) in [5.41, 5.74) is 4.37. The number of alkyl halides is 1. The standard InChI is InChI=1S/C13H18FN5O4/c1-3-22-10-7-9(17-12(15)18-10)19(5-16-7)11-13(2,21)8(14)6(4-20)23-11/h5-6,8,11,20-21H,3-4H2,1-2H3,(H2,15,17,18). The van der Waals surface area contributed by atoms with Crippen molar-refractivity contribution in [3.63, 3.8) is 0 Å². The first kappa shape index (κ1) is 15.8. The number of aromatic nitrogens is 4. The number of ether oxygens (including phenoxy) is 2. The highest BCUT2D eigenvalue weighted by molar-refractivity contribution is 5.77. The maximum Gasteiger partial charge on any atom is 0.247 e. The van der Waals surface area contributed by atoms with Crippen molar-refractivity contribution in [3.05, 3.63) is 6.33 Å². The summed E-state index contributed by atoms with van der Waals surface area (Å²) in [6.45, 7) is 2.88. The Hall–Kier alpha value is -2.04. The second kappa shape index (κ2) is 5.55. The summed E-state index contributed by atoms with van der Waals surface area (Å²) in [5, 5.41) is 19.6. The van der Waals surface area contributed by atoms with Crippen molar-refractivity contribution in [2.45, 2.75) is 38.0 Å². The van der Waals surface area contributed by atoms with E-state index in [2.05, 4.69) is 15.0 Å². The van der Waals surface area contributed by atoms with E-state index in [1.165, 1.54) is 17.8 Å². The van der Waals surface area contributed by atoms with Gasteiger partial charge >= 0.3 is 0 Å². The lowest BCUT2D eigenvalue weighted by molar-refractivity contribution is -0.0892. The van der Waals surface area contributed by atoms with E-state index in [9.17, 15) is 14.6 Å². The number of aliphatic hydroxyl groups is 2. The van der Waals surface area contributed by atoms with Gasteiger partial charge in [0.05, 0.1) is 19.5 Å². The lowest BCUT2D eigenvalue weighted by atomic mass is 9.98. The zero-order chi connectivity index (χ0) is 16.8. The maximum absolute atomic E-state index is 14.2. The molecule has 1 fully saturated rings. The number of aliphatic hydroxyl groups excluding tert-OH is 1. The van der Waals surface area contributed by atoms with Crippen LogP contribution in [0.25, 0.3) is 11.2 Å². The summed E-state index contributed by atoms with van der Waals surface area (Å²) in [5.74, 6) is 0.151. The van der Waals surface area contributed by atoms with Crippen molar-refractivity contribution >= 4 is 17.1 Å². The zero-order valence-electron chi connectivity index (χ0n) is 12.7. The van der Waals surface area contributed by atoms with Crippen molar-refractivity contribution in [1.29, 1.82) is 0 Å². The maximum atomic E-state index is 14.2. The third-order valence-electron chi connectivity index (χ3n) is 3.81. The number of hydrogen-bond donors (Lipinski definition) is 3. The number of hydrogen-bond acceptors (Lipinski definition) is 8. The van der Waals surface area contributed by atoms with Crippen LogP contribution in [0.1, 0.15) is 20.1 Å². The van der Waals surface area contributed by atoms with Gasteiger partial charge in [-0.15, -0.1) is 0 Å². The van der Waals surface area contributed by atoms with Crippen molar-refractivity contribution in [2.75, 3.05) is 18.9 Å². The highest BCUT2D eigenvalue weighted by Crippen LogP contribution is 2.41. The molecule has 10 heteroatoms. The van der Waals surface area contributed by atoms with Crippen molar-refractivity contribution in [3.8, 4) is 5.88 Å². The Kier molecular flexibility index (Phi) is 3.82. The van der Waals surface area contributed by atoms with Crippen LogP contribution in [0.15, 0.2) is 6.33 Å². The van der Waals surface area contributed by atoms with E-state index in [0.29, 0.717) is 12.1 Å². The number of nitrogens with zero attached hydrogens (tertiary/aromatic N) is 4. The van der Waals surface area contributed by atoms with E-state index in [4.69, 9.17) is 15.2 Å². The number of fused-ring (bicyclic) bond motifs is 1. The number of rotatable bonds is 4. The van der Waals surface area contributed by atoms with Crippen LogP contribution in [0.4, 0.5) is 10.3 Å². The Morgan fingerprint density at radius 3 is 2.87 bits per heavy atom. The van der Waals surface area contributed by atoms with Gasteiger partial charge in [-0.1, -0.05) is 0 Å². The average molecular weight is 327 g/mol. The van der Waals surface area contributed by atoms with Gasteiger partial charge in [0, 0.05) is 0 Å². The van der Waals surface area contributed by atoms with Crippen molar-refractivity contribution in [2.24, 2.45) is 0 Å². The van der Waals surface area contributed by atoms with Gasteiger partial charge in [-0.2, -0.15) is 9.97 Å². The molecule has 9 nitrogen and oxygen atoms in total. The lowest BCUT2D eigenvalue weighted by Gasteiger charge is -2.26. The fourth-order valence-corrected chi connectivity index (χ4v) is 2.68. The molecule has 1 aliphatic rings. The first-order chi connectivity index (χ1) is 10.9. The number of anilines is 1. The minimum Gasteiger partial charge on any atom is -0.476 e. The molecule has 3 rings (SSSR count). The second-order valence-corrected chi connectivity index (χ2v) is 5.48. The molecule has 2 aromatic heterocycles. The molecule has 3 heterocycles. The van der Waals surface area contributed by atoms with Crippen LogP contribution >= 0.6 is 0 Å². The minimum atomic E-state index is -1.87. The lowest BCUT2D eigenvalue weighted by Crippen LogP contribution is -2.41. The van der Waals surface area contributed by atoms with Crippen LogP contribution in [0.5, 0.6) is 5.88 Å². The predicted octanol–water partition coefficient (Wildman–Crippen LogP) is -0.214. The van der Waals surface area contributed by atoms with E-state index in [-0.39, 0.29) is 17.5 Å². The second-order valence-electron chi connectivity index (χ2n) is 5.48. The Morgan fingerprint density at radius 2 is 2.26 bits per heavy atom. The molecular weight excluding hydrogens is 309 g/mol. The largest absolute Gasteiger partial charge is 0.476 e. The van der Waals surface area contributed by atoms with Crippen LogP contribution < -0.4 is 10.5 Å². The molecule has 2 aromatic rings. The molecule has 126 valence electrons. The summed E-state index contributed by atoms with van der Waals surface area (Å²) < 4.78 is 26.4. The van der Waals surface area contributed by atoms with Crippen molar-refractivity contribution in [1.82, 2.24) is 19.5 Å². The van der Waals surface area contributed by atoms with Gasteiger partial charge in [0.1, 0.15) is 11.7 Å². The Bertz CT molecular complexity index is 722. The first-order valence-electron chi connectivity index (χ1n) is 7.15. The number of nitrogen functional groups attached to an aromatic ring is 1. The molecule has 4 N–H and O–H groups in total. The smallest absolute Gasteiger partial charge is 0.247 e. The van der Waals surface area contributed by atoms with Gasteiger partial charge in [-0.25, -0.2) is 9.37 Å². The number of halogens is 1. The minimum absolute atomic E-state index is 0.0455. The molecular formula is C13H18FN5O4. The van der Waals surface area contributed by atoms with Gasteiger partial charge in [-0.3, -0.25) is 4.57 Å². The Balaban J connectivity index is 2.10. The van der Waals surface area contributed by atoms with Gasteiger partial charge in [-0.05, 0) is 13.8 Å². The molecule has 0 radical (unpaired) electrons. The highest BCUT2D eigenvalue weighted by Gasteiger charge is 2.54. The summed E-state index contributed by atoms with van der Waals surface area (Å²) in [4.78, 5) is 12.2. The molecule has 0 aromatic carbocycles. The molecule has 0 saturated carbocycles. The normalized spacial score (nSPS) is 30.9. The summed E-state index contributed by atoms with van der Waals surface area (Å²) >= 11 is 0. The number of nitrogens with two attached hydrogens (primary N) is 1. The quantitative estimate of drug-likeness (QED) is 0.703. The Labute approximate surface area is 130 Å². The van der Waals surface area contributed by atoms with Crippen LogP contribution in [0.3, 0.4) is 0 Å². The van der Waals surface area contributed by atoms with E-state index < -0.39 is 30.7 Å². The zero-order valence-corrected chi connectivity index (χ0v) is 12.7. The Morgan fingerprint density at radius 1 is 1.52 bits per heavy atom. The molecule has 0 amide bonds. The van der Waals surface area contributed by atoms with E-state index >= 15 is 0 Å². The van der Waals surface area contributed by atoms with E-state index in [0.717, 1.165) is 0 Å². The van der Waals surface area contributed by atoms with Crippen LogP contribution in [-0.2, 0) is 4.74 Å². The van der Waals surface area contributed by atoms with Gasteiger partial charge in [0.2, 0.25) is 11.8 Å². The molecule has 4 atom stereocenters. The molecule has 0 aliphatic carbocycles. The third kappa shape index (κ3) is 2.38. The van der Waals surface area contributed by atoms with Crippen LogP contribution in [0, 0.1) is 0 Å². The average Bonchev–Trinajstić information content (AvgIpc) is 3.00. The summed E-state index contributed by atoms with van der Waals surface area (Å²) in [6, 6.07) is 0. The monoisotopic (exact) mass is 327 g/mol. The predicted molar refractivity (Wildman–Crippen MR) is 77.4 cm³/mol. The molecule has 4 unspecified atom stereocenters. The molecule has 1 saturated heterocycles. The third-order valence-corrected chi connectivity index (χ3v) is 3.81. The molecule has 1 aliphatic heterocycles. The molecule has 0 bridgehead atoms. The van der Waals surface area contributed by atoms with Gasteiger partial charge < -0.3 is 25.4 Å². The van der Waals surface area contributed by atoms with Gasteiger partial charge in [0.15, 0.2) is 23.6 Å². The molecule has 23 heavy (non-hydrogen) atoms. The van der Waals surface area contributed by atoms with Crippen LogP contribution in [0.2, 0.25) is 0 Å². The summed E-state index contributed by atoms with van der Waals surface area (Å²) in [7, 11) is 0. The van der Waals surface area contributed by atoms with E-state index in [1.54, 1.807) is 6.92 Å². The van der Waals surface area contributed by atoms with Gasteiger partial charge in [0.25, 0.3) is 0 Å². The first-order valence-corrected chi connectivity index (χ1v) is 7.15.